The Kier molecular flexibility index (Phi) is 6.37. The fraction of sp³-hybridized carbons (Fsp3) is 0.300. The van der Waals surface area contributed by atoms with Gasteiger partial charge in [0.2, 0.25) is 0 Å². The molecule has 0 aromatic heterocycles. The van der Waals surface area contributed by atoms with Crippen LogP contribution in [0, 0.1) is 0 Å². The van der Waals surface area contributed by atoms with E-state index in [9.17, 15) is 13.2 Å². The van der Waals surface area contributed by atoms with E-state index in [1.165, 1.54) is 7.11 Å². The largest absolute Gasteiger partial charge is 0.383 e. The van der Waals surface area contributed by atoms with Gasteiger partial charge in [-0.3, -0.25) is 4.79 Å². The Morgan fingerprint density at radius 2 is 1.90 bits per heavy atom. The average molecular weight is 381 g/mol. The second-order valence-corrected chi connectivity index (χ2v) is 7.24. The van der Waals surface area contributed by atoms with Gasteiger partial charge in [0.25, 0.3) is 15.0 Å². The maximum absolute atomic E-state index is 12.0. The van der Waals surface area contributed by atoms with Gasteiger partial charge >= 0.3 is 0 Å². The molecule has 1 rings (SSSR count). The van der Waals surface area contributed by atoms with Crippen LogP contribution in [0.5, 0.6) is 0 Å². The third kappa shape index (κ3) is 4.13. The summed E-state index contributed by atoms with van der Waals surface area (Å²) in [4.78, 5) is 11.5. The van der Waals surface area contributed by atoms with Gasteiger partial charge < -0.3 is 10.1 Å². The zero-order chi connectivity index (χ0) is 15.5. The second-order valence-electron chi connectivity index (χ2n) is 3.55. The number of ether oxygens (including phenoxy) is 1. The molecule has 0 atom stereocenters. The Hall–Kier alpha value is -0.240. The summed E-state index contributed by atoms with van der Waals surface area (Å²) in [6, 6.07) is 0.987. The number of carbonyl (C=O) groups is 1. The van der Waals surface area contributed by atoms with E-state index in [1.807, 2.05) is 0 Å². The quantitative estimate of drug-likeness (QED) is 0.484. The van der Waals surface area contributed by atoms with Crippen LogP contribution in [0.25, 0.3) is 0 Å². The number of carbonyl (C=O) groups excluding carboxylic acids is 1. The van der Waals surface area contributed by atoms with Gasteiger partial charge in [0, 0.05) is 24.3 Å². The SMILES string of the molecule is COCCNC(=O)c1c(Cl)c(Cl)cc(S(=O)(=O)Cl)c1Cl. The first-order valence-electron chi connectivity index (χ1n) is 5.09. The van der Waals surface area contributed by atoms with Crippen molar-refractivity contribution in [3.63, 3.8) is 0 Å². The summed E-state index contributed by atoms with van der Waals surface area (Å²) in [5, 5.41) is 1.77. The first-order valence-corrected chi connectivity index (χ1v) is 8.53. The van der Waals surface area contributed by atoms with Crippen molar-refractivity contribution in [1.82, 2.24) is 5.32 Å². The molecule has 0 saturated heterocycles. The van der Waals surface area contributed by atoms with Crippen molar-refractivity contribution in [2.24, 2.45) is 0 Å². The lowest BCUT2D eigenvalue weighted by molar-refractivity contribution is 0.0937. The summed E-state index contributed by atoms with van der Waals surface area (Å²) in [6.45, 7) is 0.458. The van der Waals surface area contributed by atoms with E-state index < -0.39 is 19.9 Å². The molecule has 1 aromatic rings. The van der Waals surface area contributed by atoms with Crippen LogP contribution in [-0.4, -0.2) is 34.6 Å². The molecule has 20 heavy (non-hydrogen) atoms. The number of nitrogens with one attached hydrogen (secondary N) is 1. The normalized spacial score (nSPS) is 11.4. The molecule has 1 aromatic carbocycles. The van der Waals surface area contributed by atoms with Crippen molar-refractivity contribution in [3.05, 3.63) is 26.7 Å². The highest BCUT2D eigenvalue weighted by Crippen LogP contribution is 2.37. The Morgan fingerprint density at radius 1 is 1.30 bits per heavy atom. The van der Waals surface area contributed by atoms with Gasteiger partial charge in [-0.25, -0.2) is 8.42 Å². The van der Waals surface area contributed by atoms with E-state index in [-0.39, 0.29) is 33.8 Å². The minimum Gasteiger partial charge on any atom is -0.383 e. The van der Waals surface area contributed by atoms with Crippen molar-refractivity contribution in [2.45, 2.75) is 4.90 Å². The van der Waals surface area contributed by atoms with Crippen molar-refractivity contribution < 1.29 is 17.9 Å². The molecular formula is C10H9Cl4NO4S. The van der Waals surface area contributed by atoms with Crippen molar-refractivity contribution in [1.29, 1.82) is 0 Å². The first-order chi connectivity index (χ1) is 9.20. The lowest BCUT2D eigenvalue weighted by Gasteiger charge is -2.11. The van der Waals surface area contributed by atoms with Gasteiger partial charge in [0.1, 0.15) is 4.90 Å². The Morgan fingerprint density at radius 3 is 2.40 bits per heavy atom. The van der Waals surface area contributed by atoms with Crippen LogP contribution in [0.2, 0.25) is 15.1 Å². The van der Waals surface area contributed by atoms with Gasteiger partial charge in [0.15, 0.2) is 0 Å². The predicted molar refractivity (Wildman–Crippen MR) is 78.7 cm³/mol. The summed E-state index contributed by atoms with van der Waals surface area (Å²) in [6.07, 6.45) is 0. The van der Waals surface area contributed by atoms with Crippen LogP contribution in [0.15, 0.2) is 11.0 Å². The minimum atomic E-state index is -4.16. The van der Waals surface area contributed by atoms with E-state index in [4.69, 9.17) is 50.2 Å². The van der Waals surface area contributed by atoms with Gasteiger partial charge in [-0.1, -0.05) is 34.8 Å². The molecule has 0 radical (unpaired) electrons. The summed E-state index contributed by atoms with van der Waals surface area (Å²) in [7, 11) is 2.53. The van der Waals surface area contributed by atoms with Crippen molar-refractivity contribution >= 4 is 60.4 Å². The number of benzene rings is 1. The third-order valence-corrected chi connectivity index (χ3v) is 4.84. The van der Waals surface area contributed by atoms with Crippen LogP contribution in [0.3, 0.4) is 0 Å². The Balaban J connectivity index is 3.32. The molecule has 0 spiro atoms. The molecule has 1 amide bonds. The number of halogens is 4. The number of rotatable bonds is 5. The number of hydrogen-bond acceptors (Lipinski definition) is 4. The van der Waals surface area contributed by atoms with Crippen molar-refractivity contribution in [3.8, 4) is 0 Å². The van der Waals surface area contributed by atoms with E-state index in [0.29, 0.717) is 0 Å². The number of hydrogen-bond donors (Lipinski definition) is 1. The molecule has 10 heteroatoms. The molecule has 0 aliphatic rings. The van der Waals surface area contributed by atoms with E-state index in [2.05, 4.69) is 5.32 Å². The van der Waals surface area contributed by atoms with Crippen LogP contribution in [0.4, 0.5) is 0 Å². The van der Waals surface area contributed by atoms with Gasteiger partial charge in [0.05, 0.1) is 27.2 Å². The number of methoxy groups -OCH3 is 1. The fourth-order valence-corrected chi connectivity index (χ4v) is 3.46. The molecule has 0 aliphatic heterocycles. The van der Waals surface area contributed by atoms with E-state index in [1.54, 1.807) is 0 Å². The smallest absolute Gasteiger partial charge is 0.262 e. The van der Waals surface area contributed by atoms with Crippen LogP contribution < -0.4 is 5.32 Å². The fourth-order valence-electron chi connectivity index (χ4n) is 1.31. The summed E-state index contributed by atoms with van der Waals surface area (Å²) < 4.78 is 27.5. The maximum atomic E-state index is 12.0. The molecule has 0 unspecified atom stereocenters. The molecule has 1 N–H and O–H groups in total. The van der Waals surface area contributed by atoms with Crippen LogP contribution in [-0.2, 0) is 13.8 Å². The van der Waals surface area contributed by atoms with Crippen molar-refractivity contribution in [2.75, 3.05) is 20.3 Å². The zero-order valence-electron chi connectivity index (χ0n) is 10.0. The highest BCUT2D eigenvalue weighted by Gasteiger charge is 2.25. The van der Waals surface area contributed by atoms with Gasteiger partial charge in [-0.2, -0.15) is 0 Å². The third-order valence-electron chi connectivity index (χ3n) is 2.20. The summed E-state index contributed by atoms with van der Waals surface area (Å²) in [5.41, 5.74) is -0.254. The Bertz CT molecular complexity index is 633. The standard InChI is InChI=1S/C10H9Cl4NO4S/c1-19-3-2-15-10(16)7-8(12)5(11)4-6(9(7)13)20(14,17)18/h4H,2-3H2,1H3,(H,15,16). The summed E-state index contributed by atoms with van der Waals surface area (Å²) >= 11 is 17.5. The second kappa shape index (κ2) is 7.15. The molecule has 112 valence electrons. The molecule has 5 nitrogen and oxygen atoms in total. The highest BCUT2D eigenvalue weighted by atomic mass is 35.7. The van der Waals surface area contributed by atoms with Gasteiger partial charge in [-0.05, 0) is 6.07 Å². The molecule has 0 heterocycles. The predicted octanol–water partition coefficient (Wildman–Crippen LogP) is 2.95. The zero-order valence-corrected chi connectivity index (χ0v) is 13.9. The highest BCUT2D eigenvalue weighted by molar-refractivity contribution is 8.13. The molecule has 0 aliphatic carbocycles. The van der Waals surface area contributed by atoms with Crippen LogP contribution in [0.1, 0.15) is 10.4 Å². The van der Waals surface area contributed by atoms with Gasteiger partial charge in [-0.15, -0.1) is 0 Å². The monoisotopic (exact) mass is 379 g/mol. The minimum absolute atomic E-state index is 0.146. The molecule has 0 bridgehead atoms. The topological polar surface area (TPSA) is 72.5 Å². The molecular weight excluding hydrogens is 372 g/mol. The van der Waals surface area contributed by atoms with Crippen LogP contribution >= 0.6 is 45.5 Å². The van der Waals surface area contributed by atoms with E-state index >= 15 is 0 Å². The maximum Gasteiger partial charge on any atom is 0.262 e. The first kappa shape index (κ1) is 17.8. The Labute approximate surface area is 135 Å². The number of amides is 1. The molecule has 0 fully saturated rings. The van der Waals surface area contributed by atoms with E-state index in [0.717, 1.165) is 6.07 Å². The summed E-state index contributed by atoms with van der Waals surface area (Å²) in [5.74, 6) is -0.680. The lowest BCUT2D eigenvalue weighted by atomic mass is 10.2. The average Bonchev–Trinajstić information content (AvgIpc) is 2.33. The lowest BCUT2D eigenvalue weighted by Crippen LogP contribution is -2.27. The molecule has 0 saturated carbocycles.